The Kier molecular flexibility index (Phi) is 5.30. The Bertz CT molecular complexity index is 842. The normalized spacial score (nSPS) is 15.8. The van der Waals surface area contributed by atoms with Crippen LogP contribution in [0.5, 0.6) is 0 Å². The van der Waals surface area contributed by atoms with Gasteiger partial charge in [0, 0.05) is 5.39 Å². The first-order valence-corrected chi connectivity index (χ1v) is 9.57. The summed E-state index contributed by atoms with van der Waals surface area (Å²) in [6, 6.07) is 12.1. The van der Waals surface area contributed by atoms with Gasteiger partial charge in [0.05, 0.1) is 4.90 Å². The molecule has 2 rings (SSSR count). The predicted octanol–water partition coefficient (Wildman–Crippen LogP) is 2.41. The summed E-state index contributed by atoms with van der Waals surface area (Å²) in [6.45, 7) is 3.37. The summed E-state index contributed by atoms with van der Waals surface area (Å²) in [5.41, 5.74) is 3.26. The van der Waals surface area contributed by atoms with Crippen molar-refractivity contribution in [3.63, 3.8) is 0 Å². The van der Waals surface area contributed by atoms with Crippen molar-refractivity contribution >= 4 is 26.5 Å². The van der Waals surface area contributed by atoms with Gasteiger partial charge in [-0.05, 0) is 24.3 Å². The zero-order chi connectivity index (χ0) is 18.0. The molecule has 3 N–H and O–H groups in total. The molecule has 0 bridgehead atoms. The Balaban J connectivity index is 2.70. The van der Waals surface area contributed by atoms with Crippen molar-refractivity contribution in [2.75, 3.05) is 0 Å². The molecular weight excluding hydrogens is 326 g/mol. The van der Waals surface area contributed by atoms with E-state index in [0.717, 1.165) is 5.39 Å². The third-order valence-electron chi connectivity index (χ3n) is 4.48. The second kappa shape index (κ2) is 6.91. The topological polar surface area (TPSA) is 97.5 Å². The van der Waals surface area contributed by atoms with E-state index in [-0.39, 0.29) is 17.7 Å². The fraction of sp³-hybridized carbons (Fsp3) is 0.389. The molecule has 0 aromatic heterocycles. The highest BCUT2D eigenvalue weighted by Crippen LogP contribution is 2.33. The Morgan fingerprint density at radius 1 is 1.17 bits per heavy atom. The van der Waals surface area contributed by atoms with Crippen LogP contribution in [-0.2, 0) is 14.6 Å². The minimum absolute atomic E-state index is 0.0585. The highest BCUT2D eigenvalue weighted by molar-refractivity contribution is 7.92. The summed E-state index contributed by atoms with van der Waals surface area (Å²) in [6.07, 6.45) is 0.597. The standard InChI is InChI=1S/C18H23NO4S/c1-3-8-16(18(21,4-2)17(19)20)24(22,23)15-12-7-10-13-9-5-6-11-14(13)15/h5-7,9-12,16,21H,3-4,8H2,1-2H3,(H2,19,20). The Morgan fingerprint density at radius 2 is 1.79 bits per heavy atom. The van der Waals surface area contributed by atoms with E-state index in [0.29, 0.717) is 11.8 Å². The number of carbonyl (C=O) groups is 1. The molecule has 6 heteroatoms. The monoisotopic (exact) mass is 349 g/mol. The van der Waals surface area contributed by atoms with E-state index >= 15 is 0 Å². The van der Waals surface area contributed by atoms with Gasteiger partial charge in [0.1, 0.15) is 5.25 Å². The number of fused-ring (bicyclic) bond motifs is 1. The van der Waals surface area contributed by atoms with Crippen molar-refractivity contribution in [2.45, 2.75) is 48.9 Å². The smallest absolute Gasteiger partial charge is 0.250 e. The van der Waals surface area contributed by atoms with E-state index < -0.39 is 26.6 Å². The highest BCUT2D eigenvalue weighted by Gasteiger charge is 2.48. The first-order chi connectivity index (χ1) is 11.3. The number of rotatable bonds is 7. The maximum Gasteiger partial charge on any atom is 0.250 e. The Hall–Kier alpha value is -1.92. The first kappa shape index (κ1) is 18.4. The van der Waals surface area contributed by atoms with Gasteiger partial charge in [0.15, 0.2) is 15.4 Å². The molecule has 0 heterocycles. The minimum atomic E-state index is -3.96. The number of aliphatic hydroxyl groups is 1. The third kappa shape index (κ3) is 3.03. The van der Waals surface area contributed by atoms with Gasteiger partial charge < -0.3 is 10.8 Å². The van der Waals surface area contributed by atoms with E-state index in [1.54, 1.807) is 25.1 Å². The molecule has 0 saturated carbocycles. The molecule has 24 heavy (non-hydrogen) atoms. The van der Waals surface area contributed by atoms with E-state index in [4.69, 9.17) is 5.73 Å². The predicted molar refractivity (Wildman–Crippen MR) is 94.3 cm³/mol. The van der Waals surface area contributed by atoms with Crippen molar-refractivity contribution in [1.82, 2.24) is 0 Å². The SMILES string of the molecule is CCCC(C(O)(CC)C(N)=O)S(=O)(=O)c1cccc2ccccc12. The van der Waals surface area contributed by atoms with Crippen molar-refractivity contribution < 1.29 is 18.3 Å². The molecular formula is C18H23NO4S. The van der Waals surface area contributed by atoms with Crippen LogP contribution < -0.4 is 5.73 Å². The molecule has 1 amide bonds. The molecule has 2 atom stereocenters. The van der Waals surface area contributed by atoms with Crippen molar-refractivity contribution in [2.24, 2.45) is 5.73 Å². The first-order valence-electron chi connectivity index (χ1n) is 8.03. The molecule has 2 unspecified atom stereocenters. The summed E-state index contributed by atoms with van der Waals surface area (Å²) in [7, 11) is -3.96. The van der Waals surface area contributed by atoms with Gasteiger partial charge in [-0.1, -0.05) is 56.7 Å². The van der Waals surface area contributed by atoms with Gasteiger partial charge in [0.2, 0.25) is 0 Å². The number of amides is 1. The molecule has 5 nitrogen and oxygen atoms in total. The van der Waals surface area contributed by atoms with Crippen molar-refractivity contribution in [3.05, 3.63) is 42.5 Å². The number of benzene rings is 2. The van der Waals surface area contributed by atoms with Crippen molar-refractivity contribution in [3.8, 4) is 0 Å². The molecule has 2 aromatic rings. The summed E-state index contributed by atoms with van der Waals surface area (Å²) < 4.78 is 26.6. The van der Waals surface area contributed by atoms with E-state index in [1.807, 2.05) is 25.1 Å². The number of nitrogens with two attached hydrogens (primary N) is 1. The van der Waals surface area contributed by atoms with Crippen LogP contribution in [0.25, 0.3) is 10.8 Å². The average molecular weight is 349 g/mol. The van der Waals surface area contributed by atoms with Crippen molar-refractivity contribution in [1.29, 1.82) is 0 Å². The molecule has 130 valence electrons. The third-order valence-corrected chi connectivity index (χ3v) is 6.82. The molecule has 2 aromatic carbocycles. The molecule has 0 fully saturated rings. The summed E-state index contributed by atoms with van der Waals surface area (Å²) in [5, 5.41) is 10.8. The highest BCUT2D eigenvalue weighted by atomic mass is 32.2. The average Bonchev–Trinajstić information content (AvgIpc) is 2.58. The molecule has 0 aliphatic rings. The quantitative estimate of drug-likeness (QED) is 0.802. The molecule has 0 aliphatic carbocycles. The zero-order valence-electron chi connectivity index (χ0n) is 13.9. The fourth-order valence-electron chi connectivity index (χ4n) is 3.07. The number of hydrogen-bond acceptors (Lipinski definition) is 4. The lowest BCUT2D eigenvalue weighted by molar-refractivity contribution is -0.136. The van der Waals surface area contributed by atoms with Crippen LogP contribution in [0.2, 0.25) is 0 Å². The Labute approximate surface area is 142 Å². The maximum absolute atomic E-state index is 13.3. The van der Waals surface area contributed by atoms with Crippen LogP contribution in [-0.4, -0.2) is 30.3 Å². The lowest BCUT2D eigenvalue weighted by atomic mass is 9.92. The number of primary amides is 1. The van der Waals surface area contributed by atoms with E-state index in [9.17, 15) is 18.3 Å². The number of carbonyl (C=O) groups excluding carboxylic acids is 1. The fourth-order valence-corrected chi connectivity index (χ4v) is 5.48. The minimum Gasteiger partial charge on any atom is -0.379 e. The largest absolute Gasteiger partial charge is 0.379 e. The number of sulfone groups is 1. The van der Waals surface area contributed by atoms with Crippen LogP contribution in [0.15, 0.2) is 47.4 Å². The maximum atomic E-state index is 13.3. The lowest BCUT2D eigenvalue weighted by Crippen LogP contribution is -2.55. The zero-order valence-corrected chi connectivity index (χ0v) is 14.7. The van der Waals surface area contributed by atoms with Gasteiger partial charge in [-0.15, -0.1) is 0 Å². The van der Waals surface area contributed by atoms with Crippen LogP contribution in [0.4, 0.5) is 0 Å². The molecule has 0 radical (unpaired) electrons. The van der Waals surface area contributed by atoms with Crippen LogP contribution in [0, 0.1) is 0 Å². The second-order valence-electron chi connectivity index (χ2n) is 5.94. The van der Waals surface area contributed by atoms with Gasteiger partial charge in [-0.3, -0.25) is 4.79 Å². The summed E-state index contributed by atoms with van der Waals surface area (Å²) >= 11 is 0. The molecule has 0 spiro atoms. The van der Waals surface area contributed by atoms with Gasteiger partial charge >= 0.3 is 0 Å². The molecule has 0 saturated heterocycles. The second-order valence-corrected chi connectivity index (χ2v) is 8.04. The van der Waals surface area contributed by atoms with E-state index in [1.165, 1.54) is 6.07 Å². The number of hydrogen-bond donors (Lipinski definition) is 2. The van der Waals surface area contributed by atoms with Crippen LogP contribution >= 0.6 is 0 Å². The van der Waals surface area contributed by atoms with Gasteiger partial charge in [-0.25, -0.2) is 8.42 Å². The Morgan fingerprint density at radius 3 is 2.38 bits per heavy atom. The van der Waals surface area contributed by atoms with Crippen LogP contribution in [0.3, 0.4) is 0 Å². The summed E-state index contributed by atoms with van der Waals surface area (Å²) in [5.74, 6) is -1.01. The summed E-state index contributed by atoms with van der Waals surface area (Å²) in [4.78, 5) is 11.9. The van der Waals surface area contributed by atoms with Gasteiger partial charge in [0.25, 0.3) is 5.91 Å². The molecule has 0 aliphatic heterocycles. The van der Waals surface area contributed by atoms with Gasteiger partial charge in [-0.2, -0.15) is 0 Å². The lowest BCUT2D eigenvalue weighted by Gasteiger charge is -2.32. The van der Waals surface area contributed by atoms with E-state index in [2.05, 4.69) is 0 Å². The van der Waals surface area contributed by atoms with Crippen LogP contribution in [0.1, 0.15) is 33.1 Å².